The van der Waals surface area contributed by atoms with Gasteiger partial charge in [0.15, 0.2) is 11.3 Å². The molecule has 0 aliphatic heterocycles. The first-order valence-electron chi connectivity index (χ1n) is 11.3. The summed E-state index contributed by atoms with van der Waals surface area (Å²) in [4.78, 5) is 28.6. The van der Waals surface area contributed by atoms with Gasteiger partial charge >= 0.3 is 0 Å². The topological polar surface area (TPSA) is 65.6 Å². The molecule has 166 valence electrons. The first-order chi connectivity index (χ1) is 16.5. The molecule has 0 unspecified atom stereocenters. The highest BCUT2D eigenvalue weighted by molar-refractivity contribution is 6.05. The maximum atomic E-state index is 13.9. The van der Waals surface area contributed by atoms with E-state index in [1.165, 1.54) is 5.56 Å². The first kappa shape index (κ1) is 20.3. The number of fused-ring (bicyclic) bond motifs is 4. The molecule has 3 heterocycles. The Bertz CT molecular complexity index is 1760. The van der Waals surface area contributed by atoms with E-state index in [2.05, 4.69) is 26.0 Å². The van der Waals surface area contributed by atoms with Crippen molar-refractivity contribution in [2.75, 3.05) is 0 Å². The van der Waals surface area contributed by atoms with Crippen LogP contribution in [0.4, 0.5) is 0 Å². The van der Waals surface area contributed by atoms with Crippen molar-refractivity contribution >= 4 is 33.2 Å². The molecule has 0 saturated carbocycles. The van der Waals surface area contributed by atoms with E-state index in [4.69, 9.17) is 15.0 Å². The molecule has 3 aromatic heterocycles. The van der Waals surface area contributed by atoms with Crippen LogP contribution in [0, 0.1) is 20.8 Å². The molecule has 0 atom stereocenters. The highest BCUT2D eigenvalue weighted by Crippen LogP contribution is 2.29. The zero-order valence-corrected chi connectivity index (χ0v) is 19.3. The van der Waals surface area contributed by atoms with Crippen LogP contribution in [0.25, 0.3) is 38.9 Å². The monoisotopic (exact) mass is 445 g/mol. The number of para-hydroxylation sites is 2. The van der Waals surface area contributed by atoms with Gasteiger partial charge < -0.3 is 0 Å². The fourth-order valence-electron chi connectivity index (χ4n) is 4.43. The van der Waals surface area contributed by atoms with Crippen molar-refractivity contribution in [1.82, 2.24) is 24.1 Å². The molecule has 0 N–H and O–H groups in total. The Kier molecular flexibility index (Phi) is 4.55. The van der Waals surface area contributed by atoms with E-state index < -0.39 is 0 Å². The minimum atomic E-state index is -0.108. The summed E-state index contributed by atoms with van der Waals surface area (Å²) in [6.07, 6.45) is 0. The predicted molar refractivity (Wildman–Crippen MR) is 136 cm³/mol. The van der Waals surface area contributed by atoms with Gasteiger partial charge in [-0.15, -0.1) is 0 Å². The maximum Gasteiger partial charge on any atom is 0.265 e. The second-order valence-electron chi connectivity index (χ2n) is 8.79. The fraction of sp³-hybridized carbons (Fsp3) is 0.143. The molecule has 6 heteroatoms. The molecule has 0 aliphatic rings. The van der Waals surface area contributed by atoms with Crippen LogP contribution in [-0.4, -0.2) is 24.1 Å². The average molecular weight is 446 g/mol. The van der Waals surface area contributed by atoms with Gasteiger partial charge in [-0.3, -0.25) is 13.9 Å². The third-order valence-corrected chi connectivity index (χ3v) is 6.31. The number of rotatable bonds is 3. The van der Waals surface area contributed by atoms with E-state index in [1.807, 2.05) is 72.2 Å². The van der Waals surface area contributed by atoms with E-state index in [0.29, 0.717) is 34.6 Å². The Balaban J connectivity index is 1.70. The molecule has 0 aliphatic carbocycles. The van der Waals surface area contributed by atoms with Crippen molar-refractivity contribution in [2.24, 2.45) is 0 Å². The van der Waals surface area contributed by atoms with Crippen LogP contribution in [0.2, 0.25) is 0 Å². The van der Waals surface area contributed by atoms with Crippen LogP contribution in [-0.2, 0) is 6.54 Å². The molecule has 0 saturated heterocycles. The molecular weight excluding hydrogens is 422 g/mol. The van der Waals surface area contributed by atoms with Gasteiger partial charge in [0.25, 0.3) is 5.56 Å². The summed E-state index contributed by atoms with van der Waals surface area (Å²) in [7, 11) is 0. The number of benzene rings is 3. The van der Waals surface area contributed by atoms with E-state index in [0.717, 1.165) is 27.8 Å². The number of nitrogens with zero attached hydrogens (tertiary/aromatic N) is 5. The molecular formula is C28H23N5O. The highest BCUT2D eigenvalue weighted by Gasteiger charge is 2.22. The van der Waals surface area contributed by atoms with Gasteiger partial charge in [0.05, 0.1) is 17.6 Å². The molecule has 0 bridgehead atoms. The Morgan fingerprint density at radius 2 is 1.32 bits per heavy atom. The second-order valence-corrected chi connectivity index (χ2v) is 8.79. The van der Waals surface area contributed by atoms with Crippen molar-refractivity contribution in [2.45, 2.75) is 27.3 Å². The number of hydrogen-bond donors (Lipinski definition) is 0. The molecule has 34 heavy (non-hydrogen) atoms. The van der Waals surface area contributed by atoms with Gasteiger partial charge in [0.1, 0.15) is 16.7 Å². The van der Waals surface area contributed by atoms with Gasteiger partial charge in [0.2, 0.25) is 0 Å². The van der Waals surface area contributed by atoms with Gasteiger partial charge in [-0.2, -0.15) is 0 Å². The van der Waals surface area contributed by atoms with Crippen LogP contribution in [0.3, 0.4) is 0 Å². The number of aryl methyl sites for hydroxylation is 3. The Morgan fingerprint density at radius 1 is 0.706 bits per heavy atom. The second kappa shape index (κ2) is 7.63. The summed E-state index contributed by atoms with van der Waals surface area (Å²) in [5.74, 6) is 0.652. The maximum absolute atomic E-state index is 13.9. The minimum Gasteiger partial charge on any atom is -0.292 e. The van der Waals surface area contributed by atoms with E-state index in [1.54, 1.807) is 4.57 Å². The summed E-state index contributed by atoms with van der Waals surface area (Å²) in [6, 6.07) is 24.1. The third-order valence-electron chi connectivity index (χ3n) is 6.31. The Labute approximate surface area is 196 Å². The lowest BCUT2D eigenvalue weighted by molar-refractivity contribution is 0.711. The molecule has 0 amide bonds. The largest absolute Gasteiger partial charge is 0.292 e. The highest BCUT2D eigenvalue weighted by atomic mass is 16.1. The molecule has 3 aromatic carbocycles. The van der Waals surface area contributed by atoms with Crippen molar-refractivity contribution in [1.29, 1.82) is 0 Å². The lowest BCUT2D eigenvalue weighted by Crippen LogP contribution is -2.24. The van der Waals surface area contributed by atoms with Crippen LogP contribution in [0.1, 0.15) is 22.5 Å². The van der Waals surface area contributed by atoms with Crippen molar-refractivity contribution < 1.29 is 0 Å². The smallest absolute Gasteiger partial charge is 0.265 e. The van der Waals surface area contributed by atoms with Crippen molar-refractivity contribution in [3.8, 4) is 5.69 Å². The Morgan fingerprint density at radius 3 is 2.00 bits per heavy atom. The number of hydrogen-bond acceptors (Lipinski definition) is 4. The van der Waals surface area contributed by atoms with Gasteiger partial charge in [-0.25, -0.2) is 15.0 Å². The first-order valence-corrected chi connectivity index (χ1v) is 11.3. The van der Waals surface area contributed by atoms with Crippen molar-refractivity contribution in [3.63, 3.8) is 0 Å². The molecule has 6 aromatic rings. The van der Waals surface area contributed by atoms with Gasteiger partial charge in [-0.1, -0.05) is 59.7 Å². The standard InChI is InChI=1S/C28H23N5O/c1-17-8-12-20(13-9-17)16-32-19(3)29-26-24(28(32)34)25-27(31-23-7-5-4-6-22(23)30-25)33(26)21-14-10-18(2)11-15-21/h4-15H,16H2,1-3H3. The number of aromatic nitrogens is 5. The summed E-state index contributed by atoms with van der Waals surface area (Å²) in [6.45, 7) is 6.43. The molecule has 0 fully saturated rings. The van der Waals surface area contributed by atoms with Crippen LogP contribution >= 0.6 is 0 Å². The van der Waals surface area contributed by atoms with E-state index in [9.17, 15) is 4.79 Å². The SMILES string of the molecule is Cc1ccc(Cn2c(C)nc3c(c2=O)c2nc4ccccc4nc2n3-c2ccc(C)cc2)cc1. The molecule has 6 nitrogen and oxygen atoms in total. The molecule has 0 spiro atoms. The summed E-state index contributed by atoms with van der Waals surface area (Å²) >= 11 is 0. The van der Waals surface area contributed by atoms with Crippen LogP contribution in [0.15, 0.2) is 77.6 Å². The summed E-state index contributed by atoms with van der Waals surface area (Å²) in [5.41, 5.74) is 7.51. The fourth-order valence-corrected chi connectivity index (χ4v) is 4.43. The van der Waals surface area contributed by atoms with Crippen LogP contribution in [0.5, 0.6) is 0 Å². The lowest BCUT2D eigenvalue weighted by Gasteiger charge is -2.11. The van der Waals surface area contributed by atoms with Gasteiger partial charge in [0, 0.05) is 5.69 Å². The third kappa shape index (κ3) is 3.18. The quantitative estimate of drug-likeness (QED) is 0.373. The normalized spacial score (nSPS) is 11.6. The zero-order valence-electron chi connectivity index (χ0n) is 19.3. The van der Waals surface area contributed by atoms with Gasteiger partial charge in [-0.05, 0) is 50.6 Å². The van der Waals surface area contributed by atoms with E-state index in [-0.39, 0.29) is 5.56 Å². The van der Waals surface area contributed by atoms with Crippen LogP contribution < -0.4 is 5.56 Å². The average Bonchev–Trinajstić information content (AvgIpc) is 3.14. The summed E-state index contributed by atoms with van der Waals surface area (Å²) in [5, 5.41) is 0.492. The van der Waals surface area contributed by atoms with E-state index >= 15 is 0 Å². The van der Waals surface area contributed by atoms with Crippen molar-refractivity contribution in [3.05, 3.63) is 106 Å². The summed E-state index contributed by atoms with van der Waals surface area (Å²) < 4.78 is 3.68. The predicted octanol–water partition coefficient (Wildman–Crippen LogP) is 5.26. The zero-order chi connectivity index (χ0) is 23.4. The Hall–Kier alpha value is -4.32. The molecule has 0 radical (unpaired) electrons. The lowest BCUT2D eigenvalue weighted by atomic mass is 10.1. The molecule has 6 rings (SSSR count). The minimum absolute atomic E-state index is 0.108.